The van der Waals surface area contributed by atoms with Crippen LogP contribution in [0.25, 0.3) is 50.7 Å². The van der Waals surface area contributed by atoms with Crippen LogP contribution in [0.2, 0.25) is 0 Å². The maximum Gasteiger partial charge on any atom is 0.224 e. The van der Waals surface area contributed by atoms with Crippen molar-refractivity contribution in [1.82, 2.24) is 44.7 Å². The van der Waals surface area contributed by atoms with Gasteiger partial charge >= 0.3 is 0 Å². The molecule has 6 aromatic rings. The number of carbonyl (C=O) groups excluding carboxylic acids is 1. The van der Waals surface area contributed by atoms with Gasteiger partial charge in [0.25, 0.3) is 0 Å². The molecule has 0 saturated carbocycles. The van der Waals surface area contributed by atoms with Crippen LogP contribution in [0.15, 0.2) is 55.4 Å². The van der Waals surface area contributed by atoms with Crippen LogP contribution in [0, 0.1) is 12.3 Å². The van der Waals surface area contributed by atoms with E-state index in [4.69, 9.17) is 9.97 Å². The Labute approximate surface area is 217 Å². The number of rotatable bonds is 5. The molecule has 11 nitrogen and oxygen atoms in total. The minimum Gasteiger partial charge on any atom is -0.336 e. The van der Waals surface area contributed by atoms with Crippen LogP contribution >= 0.6 is 0 Å². The van der Waals surface area contributed by atoms with Gasteiger partial charge in [0, 0.05) is 30.6 Å². The van der Waals surface area contributed by atoms with Crippen molar-refractivity contribution in [1.29, 1.82) is 0 Å². The second-order valence-corrected chi connectivity index (χ2v) is 10.5. The standard InChI is InChI=1S/C27H26N10O/c1-15-13-37(14-30-15)26-23-19(7-8-29-26)33-25(34-23)24-22-20(35-36-24)6-5-18(32-22)16-9-17(12-28-11-16)31-21(38)10-27(2,3)4/h5-9,11-14H,10H2,1-4H3,(H,31,38)(H,33,34)(H,35,36). The number of nitrogens with one attached hydrogen (secondary N) is 3. The number of aryl methyl sites for hydroxylation is 1. The van der Waals surface area contributed by atoms with E-state index in [9.17, 15) is 4.79 Å². The number of anilines is 1. The van der Waals surface area contributed by atoms with E-state index < -0.39 is 0 Å². The number of aromatic amines is 2. The van der Waals surface area contributed by atoms with Crippen LogP contribution in [-0.2, 0) is 4.79 Å². The summed E-state index contributed by atoms with van der Waals surface area (Å²) < 4.78 is 1.85. The molecule has 0 aromatic carbocycles. The summed E-state index contributed by atoms with van der Waals surface area (Å²) in [5.74, 6) is 1.19. The molecule has 0 aliphatic carbocycles. The van der Waals surface area contributed by atoms with Crippen molar-refractivity contribution in [2.45, 2.75) is 34.1 Å². The highest BCUT2D eigenvalue weighted by Crippen LogP contribution is 2.29. The first kappa shape index (κ1) is 23.5. The highest BCUT2D eigenvalue weighted by atomic mass is 16.1. The summed E-state index contributed by atoms with van der Waals surface area (Å²) in [7, 11) is 0. The summed E-state index contributed by atoms with van der Waals surface area (Å²) in [6, 6.07) is 7.55. The molecular weight excluding hydrogens is 480 g/mol. The number of nitrogens with zero attached hydrogens (tertiary/aromatic N) is 7. The van der Waals surface area contributed by atoms with Crippen molar-refractivity contribution in [3.8, 4) is 28.6 Å². The number of aromatic nitrogens is 9. The largest absolute Gasteiger partial charge is 0.336 e. The fourth-order valence-corrected chi connectivity index (χ4v) is 4.32. The van der Waals surface area contributed by atoms with Crippen molar-refractivity contribution in [3.63, 3.8) is 0 Å². The predicted molar refractivity (Wildman–Crippen MR) is 145 cm³/mol. The topological polar surface area (TPSA) is 143 Å². The summed E-state index contributed by atoms with van der Waals surface area (Å²) in [6.45, 7) is 8.01. The van der Waals surface area contributed by atoms with Gasteiger partial charge in [-0.05, 0) is 36.6 Å². The van der Waals surface area contributed by atoms with E-state index in [1.54, 1.807) is 24.9 Å². The van der Waals surface area contributed by atoms with Crippen LogP contribution in [0.5, 0.6) is 0 Å². The Balaban J connectivity index is 1.36. The Hall–Kier alpha value is -4.93. The average molecular weight is 507 g/mol. The summed E-state index contributed by atoms with van der Waals surface area (Å²) in [4.78, 5) is 38.6. The van der Waals surface area contributed by atoms with Crippen LogP contribution in [0.3, 0.4) is 0 Å². The molecule has 0 bridgehead atoms. The molecule has 6 heterocycles. The third kappa shape index (κ3) is 4.49. The zero-order valence-electron chi connectivity index (χ0n) is 21.4. The van der Waals surface area contributed by atoms with Gasteiger partial charge in [0.1, 0.15) is 17.4 Å². The molecule has 190 valence electrons. The Morgan fingerprint density at radius 2 is 1.92 bits per heavy atom. The molecule has 0 radical (unpaired) electrons. The zero-order chi connectivity index (χ0) is 26.4. The molecule has 0 unspecified atom stereocenters. The third-order valence-electron chi connectivity index (χ3n) is 5.98. The van der Waals surface area contributed by atoms with Crippen molar-refractivity contribution in [3.05, 3.63) is 61.1 Å². The van der Waals surface area contributed by atoms with Crippen LogP contribution < -0.4 is 5.32 Å². The molecule has 0 spiro atoms. The average Bonchev–Trinajstić information content (AvgIpc) is 3.60. The lowest BCUT2D eigenvalue weighted by atomic mass is 9.92. The van der Waals surface area contributed by atoms with Gasteiger partial charge in [-0.25, -0.2) is 19.9 Å². The number of amides is 1. The molecule has 0 aliphatic heterocycles. The minimum absolute atomic E-state index is 0.0541. The maximum absolute atomic E-state index is 12.4. The van der Waals surface area contributed by atoms with Gasteiger partial charge in [0.15, 0.2) is 17.3 Å². The normalized spacial score (nSPS) is 11.9. The van der Waals surface area contributed by atoms with E-state index in [1.807, 2.05) is 62.7 Å². The highest BCUT2D eigenvalue weighted by Gasteiger charge is 2.19. The first-order chi connectivity index (χ1) is 18.2. The number of pyridine rings is 3. The Kier molecular flexibility index (Phi) is 5.48. The summed E-state index contributed by atoms with van der Waals surface area (Å²) in [5, 5.41) is 10.5. The Morgan fingerprint density at radius 3 is 2.71 bits per heavy atom. The molecule has 0 saturated heterocycles. The molecule has 1 amide bonds. The fraction of sp³-hybridized carbons (Fsp3) is 0.222. The van der Waals surface area contributed by atoms with E-state index in [-0.39, 0.29) is 11.3 Å². The lowest BCUT2D eigenvalue weighted by Crippen LogP contribution is -2.19. The van der Waals surface area contributed by atoms with Gasteiger partial charge in [-0.1, -0.05) is 20.8 Å². The van der Waals surface area contributed by atoms with Crippen molar-refractivity contribution in [2.75, 3.05) is 5.32 Å². The first-order valence-corrected chi connectivity index (χ1v) is 12.2. The number of fused-ring (bicyclic) bond motifs is 2. The molecule has 6 aromatic heterocycles. The molecule has 38 heavy (non-hydrogen) atoms. The van der Waals surface area contributed by atoms with Gasteiger partial charge in [-0.15, -0.1) is 0 Å². The highest BCUT2D eigenvalue weighted by molar-refractivity contribution is 5.93. The quantitative estimate of drug-likeness (QED) is 0.304. The Morgan fingerprint density at radius 1 is 1.05 bits per heavy atom. The predicted octanol–water partition coefficient (Wildman–Crippen LogP) is 4.83. The van der Waals surface area contributed by atoms with Gasteiger partial charge < -0.3 is 10.3 Å². The molecule has 0 fully saturated rings. The Bertz CT molecular complexity index is 1800. The monoisotopic (exact) mass is 506 g/mol. The molecular formula is C27H26N10O. The number of imidazole rings is 2. The lowest BCUT2D eigenvalue weighted by Gasteiger charge is -2.17. The summed E-state index contributed by atoms with van der Waals surface area (Å²) in [6.07, 6.45) is 9.12. The van der Waals surface area contributed by atoms with Crippen molar-refractivity contribution in [2.24, 2.45) is 5.41 Å². The first-order valence-electron chi connectivity index (χ1n) is 12.2. The van der Waals surface area contributed by atoms with E-state index in [0.717, 1.165) is 22.3 Å². The number of hydrogen-bond donors (Lipinski definition) is 3. The van der Waals surface area contributed by atoms with Gasteiger partial charge in [0.2, 0.25) is 5.91 Å². The van der Waals surface area contributed by atoms with Crippen molar-refractivity contribution < 1.29 is 4.79 Å². The van der Waals surface area contributed by atoms with Crippen LogP contribution in [-0.4, -0.2) is 50.6 Å². The lowest BCUT2D eigenvalue weighted by molar-refractivity contribution is -0.117. The van der Waals surface area contributed by atoms with Gasteiger partial charge in [0.05, 0.1) is 34.3 Å². The fourth-order valence-electron chi connectivity index (χ4n) is 4.32. The zero-order valence-corrected chi connectivity index (χ0v) is 21.4. The van der Waals surface area contributed by atoms with Gasteiger partial charge in [-0.2, -0.15) is 5.10 Å². The minimum atomic E-state index is -0.107. The van der Waals surface area contributed by atoms with Crippen LogP contribution in [0.4, 0.5) is 5.69 Å². The second kappa shape index (κ2) is 8.87. The number of hydrogen-bond acceptors (Lipinski definition) is 7. The van der Waals surface area contributed by atoms with Crippen LogP contribution in [0.1, 0.15) is 32.9 Å². The van der Waals surface area contributed by atoms with Gasteiger partial charge in [-0.3, -0.25) is 19.4 Å². The van der Waals surface area contributed by atoms with E-state index in [1.165, 1.54) is 0 Å². The molecule has 0 aliphatic rings. The van der Waals surface area contributed by atoms with E-state index >= 15 is 0 Å². The molecule has 11 heteroatoms. The summed E-state index contributed by atoms with van der Waals surface area (Å²) in [5.41, 5.74) is 6.44. The van der Waals surface area contributed by atoms with Crippen molar-refractivity contribution >= 4 is 33.7 Å². The molecule has 3 N–H and O–H groups in total. The number of carbonyl (C=O) groups is 1. The third-order valence-corrected chi connectivity index (χ3v) is 5.98. The summed E-state index contributed by atoms with van der Waals surface area (Å²) >= 11 is 0. The van der Waals surface area contributed by atoms with E-state index in [2.05, 4.69) is 35.5 Å². The molecule has 6 rings (SSSR count). The van der Waals surface area contributed by atoms with E-state index in [0.29, 0.717) is 46.2 Å². The second-order valence-electron chi connectivity index (χ2n) is 10.5. The SMILES string of the molecule is Cc1cn(-c2nccc3[nH]c(-c4n[nH]c5ccc(-c6cncc(NC(=O)CC(C)(C)C)c6)nc45)nc23)cn1. The molecule has 0 atom stereocenters. The maximum atomic E-state index is 12.4. The smallest absolute Gasteiger partial charge is 0.224 e. The number of H-pyrrole nitrogens is 2.